The number of carbonyl (C=O) groups excluding carboxylic acids is 1. The molecule has 1 amide bonds. The molecule has 0 N–H and O–H groups in total. The summed E-state index contributed by atoms with van der Waals surface area (Å²) < 4.78 is 18.0. The average molecular weight is 469 g/mol. The van der Waals surface area contributed by atoms with Crippen LogP contribution in [0.3, 0.4) is 0 Å². The number of piperazine rings is 1. The lowest BCUT2D eigenvalue weighted by atomic mass is 10.1. The van der Waals surface area contributed by atoms with Gasteiger partial charge in [0.2, 0.25) is 5.75 Å². The van der Waals surface area contributed by atoms with E-state index in [2.05, 4.69) is 23.8 Å². The Balaban J connectivity index is 1.59. The van der Waals surface area contributed by atoms with E-state index in [0.717, 1.165) is 28.4 Å². The van der Waals surface area contributed by atoms with Crippen LogP contribution in [-0.4, -0.2) is 78.1 Å². The standard InChI is InChI=1S/C24H32N6O4/c1-14(2)22-25-19-15(3)27-28(4)20(19)23(26-22)29-8-10-30(11-9-29)24(31)16-12-17(32-5)21(34-7)18(13-16)33-6/h12-14H,8-11H2,1-7H3. The van der Waals surface area contributed by atoms with Gasteiger partial charge in [0.25, 0.3) is 5.91 Å². The second-order valence-corrected chi connectivity index (χ2v) is 8.66. The Morgan fingerprint density at radius 2 is 1.59 bits per heavy atom. The summed E-state index contributed by atoms with van der Waals surface area (Å²) in [6.07, 6.45) is 0. The molecule has 4 rings (SSSR count). The van der Waals surface area contributed by atoms with E-state index in [1.54, 1.807) is 33.5 Å². The molecule has 0 bridgehead atoms. The van der Waals surface area contributed by atoms with Gasteiger partial charge in [-0.2, -0.15) is 5.10 Å². The van der Waals surface area contributed by atoms with Crippen LogP contribution in [0.4, 0.5) is 5.82 Å². The number of anilines is 1. The number of aryl methyl sites for hydroxylation is 2. The van der Waals surface area contributed by atoms with Crippen molar-refractivity contribution >= 4 is 22.8 Å². The SMILES string of the molecule is COc1cc(C(=O)N2CCN(c3nc(C(C)C)nc4c(C)nn(C)c34)CC2)cc(OC)c1OC. The van der Waals surface area contributed by atoms with Crippen LogP contribution in [0.25, 0.3) is 11.0 Å². The van der Waals surface area contributed by atoms with E-state index in [1.807, 2.05) is 23.6 Å². The average Bonchev–Trinajstić information content (AvgIpc) is 3.15. The highest BCUT2D eigenvalue weighted by Gasteiger charge is 2.28. The lowest BCUT2D eigenvalue weighted by Crippen LogP contribution is -2.49. The number of hydrogen-bond acceptors (Lipinski definition) is 8. The van der Waals surface area contributed by atoms with Crippen LogP contribution in [-0.2, 0) is 7.05 Å². The minimum atomic E-state index is -0.0778. The molecule has 3 aromatic rings. The number of amides is 1. The van der Waals surface area contributed by atoms with Crippen LogP contribution in [0.5, 0.6) is 17.2 Å². The van der Waals surface area contributed by atoms with Crippen molar-refractivity contribution < 1.29 is 19.0 Å². The minimum Gasteiger partial charge on any atom is -0.493 e. The van der Waals surface area contributed by atoms with Gasteiger partial charge < -0.3 is 24.0 Å². The summed E-state index contributed by atoms with van der Waals surface area (Å²) in [5, 5.41) is 4.56. The van der Waals surface area contributed by atoms with Crippen molar-refractivity contribution in [2.45, 2.75) is 26.7 Å². The molecule has 34 heavy (non-hydrogen) atoms. The highest BCUT2D eigenvalue weighted by atomic mass is 16.5. The second kappa shape index (κ2) is 9.36. The molecule has 1 aliphatic heterocycles. The zero-order valence-corrected chi connectivity index (χ0v) is 20.9. The molecule has 1 saturated heterocycles. The van der Waals surface area contributed by atoms with Crippen molar-refractivity contribution in [3.63, 3.8) is 0 Å². The number of ether oxygens (including phenoxy) is 3. The Bertz CT molecular complexity index is 1190. The first-order chi connectivity index (χ1) is 16.3. The Hall–Kier alpha value is -3.56. The number of methoxy groups -OCH3 is 3. The molecule has 0 saturated carbocycles. The first-order valence-corrected chi connectivity index (χ1v) is 11.3. The largest absolute Gasteiger partial charge is 0.493 e. The summed E-state index contributed by atoms with van der Waals surface area (Å²) in [6.45, 7) is 8.59. The van der Waals surface area contributed by atoms with E-state index < -0.39 is 0 Å². The normalized spacial score (nSPS) is 14.1. The number of nitrogens with zero attached hydrogens (tertiary/aromatic N) is 6. The summed E-state index contributed by atoms with van der Waals surface area (Å²) in [7, 11) is 6.54. The molecule has 1 fully saturated rings. The summed E-state index contributed by atoms with van der Waals surface area (Å²) in [5.41, 5.74) is 3.19. The van der Waals surface area contributed by atoms with Crippen molar-refractivity contribution in [3.8, 4) is 17.2 Å². The molecule has 1 aromatic carbocycles. The Kier molecular flexibility index (Phi) is 6.49. The third kappa shape index (κ3) is 4.08. The summed E-state index contributed by atoms with van der Waals surface area (Å²) in [5.74, 6) is 3.18. The van der Waals surface area contributed by atoms with Crippen LogP contribution < -0.4 is 19.1 Å². The van der Waals surface area contributed by atoms with Gasteiger partial charge in [0.1, 0.15) is 16.9 Å². The van der Waals surface area contributed by atoms with Crippen LogP contribution >= 0.6 is 0 Å². The molecule has 2 aromatic heterocycles. The van der Waals surface area contributed by atoms with Crippen molar-refractivity contribution in [1.82, 2.24) is 24.6 Å². The molecule has 10 nitrogen and oxygen atoms in total. The van der Waals surface area contributed by atoms with E-state index in [0.29, 0.717) is 49.0 Å². The van der Waals surface area contributed by atoms with E-state index in [4.69, 9.17) is 24.2 Å². The van der Waals surface area contributed by atoms with E-state index in [1.165, 1.54) is 0 Å². The highest BCUT2D eigenvalue weighted by molar-refractivity contribution is 5.96. The van der Waals surface area contributed by atoms with Crippen LogP contribution in [0, 0.1) is 6.92 Å². The van der Waals surface area contributed by atoms with E-state index in [9.17, 15) is 4.79 Å². The van der Waals surface area contributed by atoms with Gasteiger partial charge >= 0.3 is 0 Å². The number of benzene rings is 1. The second-order valence-electron chi connectivity index (χ2n) is 8.66. The number of carbonyl (C=O) groups is 1. The molecule has 0 spiro atoms. The first kappa shape index (κ1) is 23.6. The van der Waals surface area contributed by atoms with Gasteiger partial charge in [0, 0.05) is 44.7 Å². The maximum absolute atomic E-state index is 13.3. The predicted molar refractivity (Wildman–Crippen MR) is 129 cm³/mol. The fourth-order valence-electron chi connectivity index (χ4n) is 4.32. The number of rotatable bonds is 6. The monoisotopic (exact) mass is 468 g/mol. The molecule has 0 radical (unpaired) electrons. The van der Waals surface area contributed by atoms with Gasteiger partial charge in [-0.25, -0.2) is 9.97 Å². The smallest absolute Gasteiger partial charge is 0.254 e. The van der Waals surface area contributed by atoms with Gasteiger partial charge in [-0.15, -0.1) is 0 Å². The third-order valence-corrected chi connectivity index (χ3v) is 6.14. The molecule has 10 heteroatoms. The number of fused-ring (bicyclic) bond motifs is 1. The van der Waals surface area contributed by atoms with Gasteiger partial charge in [0.05, 0.1) is 27.0 Å². The van der Waals surface area contributed by atoms with Crippen molar-refractivity contribution in [2.75, 3.05) is 52.4 Å². The molecule has 0 aliphatic carbocycles. The van der Waals surface area contributed by atoms with Crippen LogP contribution in [0.1, 0.15) is 41.6 Å². The third-order valence-electron chi connectivity index (χ3n) is 6.14. The fraction of sp³-hybridized carbons (Fsp3) is 0.500. The quantitative estimate of drug-likeness (QED) is 0.545. The molecule has 182 valence electrons. The maximum Gasteiger partial charge on any atom is 0.254 e. The van der Waals surface area contributed by atoms with Crippen LogP contribution in [0.2, 0.25) is 0 Å². The topological polar surface area (TPSA) is 94.8 Å². The Morgan fingerprint density at radius 3 is 2.12 bits per heavy atom. The zero-order valence-electron chi connectivity index (χ0n) is 20.9. The summed E-state index contributed by atoms with van der Waals surface area (Å²) in [6, 6.07) is 3.38. The molecule has 3 heterocycles. The summed E-state index contributed by atoms with van der Waals surface area (Å²) in [4.78, 5) is 27.0. The van der Waals surface area contributed by atoms with E-state index in [-0.39, 0.29) is 11.8 Å². The highest BCUT2D eigenvalue weighted by Crippen LogP contribution is 2.38. The molecule has 0 atom stereocenters. The Labute approximate surface area is 199 Å². The maximum atomic E-state index is 13.3. The van der Waals surface area contributed by atoms with Gasteiger partial charge in [0.15, 0.2) is 17.3 Å². The van der Waals surface area contributed by atoms with E-state index >= 15 is 0 Å². The van der Waals surface area contributed by atoms with Crippen molar-refractivity contribution in [3.05, 3.63) is 29.2 Å². The Morgan fingerprint density at radius 1 is 0.971 bits per heavy atom. The van der Waals surface area contributed by atoms with Crippen molar-refractivity contribution in [1.29, 1.82) is 0 Å². The van der Waals surface area contributed by atoms with Gasteiger partial charge in [-0.1, -0.05) is 13.8 Å². The zero-order chi connectivity index (χ0) is 24.6. The molecule has 1 aliphatic rings. The lowest BCUT2D eigenvalue weighted by Gasteiger charge is -2.36. The predicted octanol–water partition coefficient (Wildman–Crippen LogP) is 2.78. The first-order valence-electron chi connectivity index (χ1n) is 11.3. The number of hydrogen-bond donors (Lipinski definition) is 0. The van der Waals surface area contributed by atoms with Crippen LogP contribution in [0.15, 0.2) is 12.1 Å². The lowest BCUT2D eigenvalue weighted by molar-refractivity contribution is 0.0745. The van der Waals surface area contributed by atoms with Gasteiger partial charge in [-0.05, 0) is 19.1 Å². The van der Waals surface area contributed by atoms with Crippen molar-refractivity contribution in [2.24, 2.45) is 7.05 Å². The molecule has 0 unspecified atom stereocenters. The molecular formula is C24H32N6O4. The van der Waals surface area contributed by atoms with Gasteiger partial charge in [-0.3, -0.25) is 9.48 Å². The minimum absolute atomic E-state index is 0.0778. The molecular weight excluding hydrogens is 436 g/mol. The summed E-state index contributed by atoms with van der Waals surface area (Å²) >= 11 is 0. The fourth-order valence-corrected chi connectivity index (χ4v) is 4.32. The number of aromatic nitrogens is 4.